The van der Waals surface area contributed by atoms with Crippen molar-refractivity contribution in [3.05, 3.63) is 0 Å². The molecule has 0 aromatic heterocycles. The molecule has 0 saturated carbocycles. The van der Waals surface area contributed by atoms with Gasteiger partial charge in [0.15, 0.2) is 0 Å². The van der Waals surface area contributed by atoms with E-state index in [2.05, 4.69) is 23.7 Å². The summed E-state index contributed by atoms with van der Waals surface area (Å²) in [5.41, 5.74) is 0. The molecule has 1 fully saturated rings. The van der Waals surface area contributed by atoms with E-state index in [1.54, 1.807) is 0 Å². The normalized spacial score (nSPS) is 26.8. The number of esters is 1. The zero-order valence-electron chi connectivity index (χ0n) is 9.04. The van der Waals surface area contributed by atoms with Crippen LogP contribution in [0.1, 0.15) is 13.8 Å². The van der Waals surface area contributed by atoms with Gasteiger partial charge in [-0.3, -0.25) is 9.69 Å². The maximum Gasteiger partial charge on any atom is 0.310 e. The molecule has 0 bridgehead atoms. The highest BCUT2D eigenvalue weighted by Crippen LogP contribution is 2.23. The van der Waals surface area contributed by atoms with Gasteiger partial charge in [-0.25, -0.2) is 0 Å². The van der Waals surface area contributed by atoms with Gasteiger partial charge < -0.3 is 4.74 Å². The summed E-state index contributed by atoms with van der Waals surface area (Å²) in [6, 6.07) is 0. The zero-order valence-corrected chi connectivity index (χ0v) is 9.04. The first-order valence-corrected chi connectivity index (χ1v) is 4.88. The third kappa shape index (κ3) is 2.49. The van der Waals surface area contributed by atoms with Crippen molar-refractivity contribution >= 4 is 5.97 Å². The molecule has 2 atom stereocenters. The van der Waals surface area contributed by atoms with Gasteiger partial charge in [0.2, 0.25) is 0 Å². The molecule has 0 spiro atoms. The first-order valence-electron chi connectivity index (χ1n) is 4.88. The van der Waals surface area contributed by atoms with Gasteiger partial charge >= 0.3 is 5.97 Å². The summed E-state index contributed by atoms with van der Waals surface area (Å²) >= 11 is 0. The van der Waals surface area contributed by atoms with Crippen LogP contribution in [-0.2, 0) is 9.53 Å². The van der Waals surface area contributed by atoms with Crippen molar-refractivity contribution in [1.29, 1.82) is 0 Å². The Kier molecular flexibility index (Phi) is 3.97. The molecule has 1 rings (SSSR count). The lowest BCUT2D eigenvalue weighted by Crippen LogP contribution is -2.24. The molecule has 0 N–H and O–H groups in total. The number of nitrogens with zero attached hydrogens (tertiary/aromatic N) is 1. The Labute approximate surface area is 85.4 Å². The Bertz CT molecular complexity index is 264. The number of hydrogen-bond donors (Lipinski definition) is 0. The van der Waals surface area contributed by atoms with E-state index in [-0.39, 0.29) is 11.9 Å². The second-order valence-electron chi connectivity index (χ2n) is 3.73. The highest BCUT2D eigenvalue weighted by molar-refractivity contribution is 5.73. The summed E-state index contributed by atoms with van der Waals surface area (Å²) in [5.74, 6) is 6.18. The summed E-state index contributed by atoms with van der Waals surface area (Å²) in [6.07, 6.45) is 0. The molecule has 1 aliphatic rings. The molecule has 14 heavy (non-hydrogen) atoms. The number of carbonyl (C=O) groups excluding carboxylic acids is 1. The third-order valence-corrected chi connectivity index (χ3v) is 2.67. The SMILES string of the molecule is CC#CCN1CC(C)C(C(=O)OC)C1. The average molecular weight is 195 g/mol. The molecule has 0 amide bonds. The van der Waals surface area contributed by atoms with Crippen LogP contribution in [0.3, 0.4) is 0 Å². The number of methoxy groups -OCH3 is 1. The maximum absolute atomic E-state index is 11.4. The van der Waals surface area contributed by atoms with Crippen LogP contribution in [0.2, 0.25) is 0 Å². The van der Waals surface area contributed by atoms with Crippen molar-refractivity contribution in [1.82, 2.24) is 4.90 Å². The van der Waals surface area contributed by atoms with Crippen LogP contribution >= 0.6 is 0 Å². The first kappa shape index (κ1) is 11.1. The van der Waals surface area contributed by atoms with Gasteiger partial charge in [0, 0.05) is 13.1 Å². The summed E-state index contributed by atoms with van der Waals surface area (Å²) in [4.78, 5) is 13.6. The fourth-order valence-corrected chi connectivity index (χ4v) is 1.85. The number of carbonyl (C=O) groups is 1. The van der Waals surface area contributed by atoms with E-state index in [4.69, 9.17) is 4.74 Å². The van der Waals surface area contributed by atoms with Gasteiger partial charge in [-0.1, -0.05) is 12.8 Å². The Morgan fingerprint density at radius 1 is 1.57 bits per heavy atom. The van der Waals surface area contributed by atoms with Crippen LogP contribution in [0, 0.1) is 23.7 Å². The molecule has 0 aliphatic carbocycles. The van der Waals surface area contributed by atoms with Crippen LogP contribution in [0.4, 0.5) is 0 Å². The fraction of sp³-hybridized carbons (Fsp3) is 0.727. The van der Waals surface area contributed by atoms with Crippen LogP contribution in [0.25, 0.3) is 0 Å². The Morgan fingerprint density at radius 2 is 2.29 bits per heavy atom. The van der Waals surface area contributed by atoms with E-state index in [9.17, 15) is 4.79 Å². The number of likely N-dealkylation sites (tertiary alicyclic amines) is 1. The molecule has 2 unspecified atom stereocenters. The minimum absolute atomic E-state index is 0.0265. The first-order chi connectivity index (χ1) is 6.69. The molecule has 3 nitrogen and oxygen atoms in total. The molecule has 1 heterocycles. The monoisotopic (exact) mass is 195 g/mol. The fourth-order valence-electron chi connectivity index (χ4n) is 1.85. The summed E-state index contributed by atoms with van der Waals surface area (Å²) in [7, 11) is 1.45. The summed E-state index contributed by atoms with van der Waals surface area (Å²) < 4.78 is 4.76. The molecule has 0 aromatic rings. The lowest BCUT2D eigenvalue weighted by Gasteiger charge is -2.11. The van der Waals surface area contributed by atoms with Crippen LogP contribution in [-0.4, -0.2) is 37.6 Å². The van der Waals surface area contributed by atoms with E-state index in [1.165, 1.54) is 7.11 Å². The van der Waals surface area contributed by atoms with Crippen LogP contribution in [0.15, 0.2) is 0 Å². The van der Waals surface area contributed by atoms with Crippen molar-refractivity contribution < 1.29 is 9.53 Å². The van der Waals surface area contributed by atoms with Gasteiger partial charge in [-0.2, -0.15) is 0 Å². The quantitative estimate of drug-likeness (QED) is 0.481. The largest absolute Gasteiger partial charge is 0.469 e. The van der Waals surface area contributed by atoms with Crippen molar-refractivity contribution in [2.24, 2.45) is 11.8 Å². The number of ether oxygens (including phenoxy) is 1. The van der Waals surface area contributed by atoms with Crippen molar-refractivity contribution in [3.8, 4) is 11.8 Å². The van der Waals surface area contributed by atoms with Gasteiger partial charge in [-0.15, -0.1) is 5.92 Å². The second-order valence-corrected chi connectivity index (χ2v) is 3.73. The predicted molar refractivity (Wildman–Crippen MR) is 54.6 cm³/mol. The van der Waals surface area contributed by atoms with Gasteiger partial charge in [0.1, 0.15) is 0 Å². The molecular weight excluding hydrogens is 178 g/mol. The van der Waals surface area contributed by atoms with Gasteiger partial charge in [0.05, 0.1) is 19.6 Å². The van der Waals surface area contributed by atoms with Crippen LogP contribution < -0.4 is 0 Å². The highest BCUT2D eigenvalue weighted by Gasteiger charge is 2.34. The smallest absolute Gasteiger partial charge is 0.310 e. The minimum atomic E-state index is -0.0931. The zero-order chi connectivity index (χ0) is 10.6. The molecule has 1 aliphatic heterocycles. The molecular formula is C11H17NO2. The van der Waals surface area contributed by atoms with E-state index < -0.39 is 0 Å². The third-order valence-electron chi connectivity index (χ3n) is 2.67. The number of rotatable bonds is 2. The maximum atomic E-state index is 11.4. The Morgan fingerprint density at radius 3 is 2.86 bits per heavy atom. The Hall–Kier alpha value is -1.01. The second kappa shape index (κ2) is 5.02. The predicted octanol–water partition coefficient (Wildman–Crippen LogP) is 0.751. The highest BCUT2D eigenvalue weighted by atomic mass is 16.5. The Balaban J connectivity index is 2.49. The van der Waals surface area contributed by atoms with Crippen LogP contribution in [0.5, 0.6) is 0 Å². The van der Waals surface area contributed by atoms with Crippen molar-refractivity contribution in [2.45, 2.75) is 13.8 Å². The van der Waals surface area contributed by atoms with E-state index in [0.29, 0.717) is 5.92 Å². The van der Waals surface area contributed by atoms with Gasteiger partial charge in [0.25, 0.3) is 0 Å². The standard InChI is InChI=1S/C11H17NO2/c1-4-5-6-12-7-9(2)10(8-12)11(13)14-3/h9-10H,6-8H2,1-3H3. The topological polar surface area (TPSA) is 29.5 Å². The summed E-state index contributed by atoms with van der Waals surface area (Å²) in [5, 5.41) is 0. The lowest BCUT2D eigenvalue weighted by atomic mass is 9.99. The van der Waals surface area contributed by atoms with E-state index in [0.717, 1.165) is 19.6 Å². The molecule has 3 heteroatoms. The molecule has 0 aromatic carbocycles. The van der Waals surface area contributed by atoms with E-state index >= 15 is 0 Å². The molecule has 0 radical (unpaired) electrons. The van der Waals surface area contributed by atoms with Crippen molar-refractivity contribution in [2.75, 3.05) is 26.7 Å². The van der Waals surface area contributed by atoms with E-state index in [1.807, 2.05) is 6.92 Å². The molecule has 1 saturated heterocycles. The lowest BCUT2D eigenvalue weighted by molar-refractivity contribution is -0.146. The minimum Gasteiger partial charge on any atom is -0.469 e. The molecule has 78 valence electrons. The summed E-state index contributed by atoms with van der Waals surface area (Å²) in [6.45, 7) is 6.39. The number of hydrogen-bond acceptors (Lipinski definition) is 3. The van der Waals surface area contributed by atoms with Gasteiger partial charge in [-0.05, 0) is 12.8 Å². The van der Waals surface area contributed by atoms with Crippen molar-refractivity contribution in [3.63, 3.8) is 0 Å². The average Bonchev–Trinajstić information content (AvgIpc) is 2.55.